The van der Waals surface area contributed by atoms with Gasteiger partial charge in [0.25, 0.3) is 0 Å². The average molecular weight is 253 g/mol. The lowest BCUT2D eigenvalue weighted by Gasteiger charge is -2.14. The Morgan fingerprint density at radius 2 is 1.89 bits per heavy atom. The molecule has 0 radical (unpaired) electrons. The molecule has 0 bridgehead atoms. The van der Waals surface area contributed by atoms with E-state index in [4.69, 9.17) is 5.73 Å². The summed E-state index contributed by atoms with van der Waals surface area (Å²) in [5.74, 6) is 0. The number of hydrogen-bond acceptors (Lipinski definition) is 3. The molecule has 0 aliphatic heterocycles. The largest absolute Gasteiger partial charge is 0.418 e. The molecular formula is C12H10F3N3. The van der Waals surface area contributed by atoms with Crippen molar-refractivity contribution in [3.8, 4) is 0 Å². The third-order valence-corrected chi connectivity index (χ3v) is 3.23. The van der Waals surface area contributed by atoms with Crippen LogP contribution in [0.5, 0.6) is 0 Å². The Morgan fingerprint density at radius 1 is 1.17 bits per heavy atom. The van der Waals surface area contributed by atoms with Crippen molar-refractivity contribution in [2.75, 3.05) is 0 Å². The van der Waals surface area contributed by atoms with E-state index in [-0.39, 0.29) is 5.52 Å². The molecule has 0 spiro atoms. The Kier molecular flexibility index (Phi) is 2.16. The summed E-state index contributed by atoms with van der Waals surface area (Å²) in [5.41, 5.74) is 5.14. The van der Waals surface area contributed by atoms with Crippen molar-refractivity contribution in [3.63, 3.8) is 0 Å². The summed E-state index contributed by atoms with van der Waals surface area (Å²) in [5, 5.41) is 0.396. The van der Waals surface area contributed by atoms with E-state index in [0.717, 1.165) is 25.2 Å². The first-order valence-electron chi connectivity index (χ1n) is 5.52. The number of nitrogens with zero attached hydrogens (tertiary/aromatic N) is 2. The van der Waals surface area contributed by atoms with E-state index < -0.39 is 17.3 Å². The van der Waals surface area contributed by atoms with Crippen molar-refractivity contribution in [2.24, 2.45) is 5.73 Å². The van der Waals surface area contributed by atoms with Gasteiger partial charge in [-0.2, -0.15) is 13.2 Å². The molecule has 2 aromatic rings. The zero-order chi connectivity index (χ0) is 13.0. The number of para-hydroxylation sites is 1. The van der Waals surface area contributed by atoms with Crippen LogP contribution in [0.2, 0.25) is 0 Å². The number of fused-ring (bicyclic) bond motifs is 1. The normalized spacial score (nSPS) is 18.0. The number of aromatic nitrogens is 2. The van der Waals surface area contributed by atoms with Crippen LogP contribution in [0.25, 0.3) is 10.9 Å². The molecule has 1 fully saturated rings. The summed E-state index contributed by atoms with van der Waals surface area (Å²) in [6.07, 6.45) is -1.78. The Balaban J connectivity index is 2.31. The van der Waals surface area contributed by atoms with E-state index in [1.54, 1.807) is 6.07 Å². The maximum atomic E-state index is 12.9. The molecule has 1 aromatic carbocycles. The molecule has 6 heteroatoms. The van der Waals surface area contributed by atoms with Crippen LogP contribution in [0.4, 0.5) is 13.2 Å². The monoisotopic (exact) mass is 253 g/mol. The van der Waals surface area contributed by atoms with Gasteiger partial charge in [-0.15, -0.1) is 0 Å². The fraction of sp³-hybridized carbons (Fsp3) is 0.333. The molecular weight excluding hydrogens is 243 g/mol. The van der Waals surface area contributed by atoms with Crippen LogP contribution >= 0.6 is 0 Å². The summed E-state index contributed by atoms with van der Waals surface area (Å²) in [6, 6.07) is 3.98. The van der Waals surface area contributed by atoms with E-state index in [1.807, 2.05) is 0 Å². The number of alkyl halides is 3. The lowest BCUT2D eigenvalue weighted by molar-refractivity contribution is -0.136. The minimum atomic E-state index is -4.42. The molecule has 3 nitrogen and oxygen atoms in total. The second kappa shape index (κ2) is 3.41. The summed E-state index contributed by atoms with van der Waals surface area (Å²) >= 11 is 0. The van der Waals surface area contributed by atoms with Crippen LogP contribution in [0, 0.1) is 0 Å². The van der Waals surface area contributed by atoms with Crippen molar-refractivity contribution >= 4 is 10.9 Å². The van der Waals surface area contributed by atoms with Gasteiger partial charge in [0.05, 0.1) is 22.3 Å². The van der Waals surface area contributed by atoms with Crippen LogP contribution < -0.4 is 5.73 Å². The standard InChI is InChI=1S/C12H10F3N3/c13-12(14,15)8-3-1-2-7-9(8)17-6-18-10(7)11(16)4-5-11/h1-3,6H,4-5,16H2. The molecule has 0 atom stereocenters. The Labute approximate surface area is 101 Å². The molecule has 1 aliphatic rings. The highest BCUT2D eigenvalue weighted by Gasteiger charge is 2.43. The molecule has 1 aromatic heterocycles. The van der Waals surface area contributed by atoms with Gasteiger partial charge < -0.3 is 5.73 Å². The van der Waals surface area contributed by atoms with Gasteiger partial charge in [-0.3, -0.25) is 0 Å². The molecule has 3 rings (SSSR count). The van der Waals surface area contributed by atoms with E-state index >= 15 is 0 Å². The van der Waals surface area contributed by atoms with Gasteiger partial charge in [0.2, 0.25) is 0 Å². The maximum Gasteiger partial charge on any atom is 0.418 e. The highest BCUT2D eigenvalue weighted by Crippen LogP contribution is 2.45. The quantitative estimate of drug-likeness (QED) is 0.849. The predicted octanol–water partition coefficient (Wildman–Crippen LogP) is 2.60. The summed E-state index contributed by atoms with van der Waals surface area (Å²) in [4.78, 5) is 7.82. The molecule has 0 saturated heterocycles. The van der Waals surface area contributed by atoms with Gasteiger partial charge in [-0.05, 0) is 18.9 Å². The SMILES string of the molecule is NC1(c2ncnc3c(C(F)(F)F)cccc23)CC1. The van der Waals surface area contributed by atoms with Crippen molar-refractivity contribution in [2.45, 2.75) is 24.6 Å². The highest BCUT2D eigenvalue weighted by atomic mass is 19.4. The molecule has 18 heavy (non-hydrogen) atoms. The number of halogens is 3. The Morgan fingerprint density at radius 3 is 2.50 bits per heavy atom. The summed E-state index contributed by atoms with van der Waals surface area (Å²) in [7, 11) is 0. The fourth-order valence-electron chi connectivity index (χ4n) is 2.08. The molecule has 1 heterocycles. The number of hydrogen-bond donors (Lipinski definition) is 1. The van der Waals surface area contributed by atoms with E-state index in [0.29, 0.717) is 11.1 Å². The van der Waals surface area contributed by atoms with Gasteiger partial charge in [-0.1, -0.05) is 12.1 Å². The molecule has 1 saturated carbocycles. The lowest BCUT2D eigenvalue weighted by Crippen LogP contribution is -2.21. The van der Waals surface area contributed by atoms with Crippen LogP contribution in [-0.4, -0.2) is 9.97 Å². The third kappa shape index (κ3) is 1.64. The third-order valence-electron chi connectivity index (χ3n) is 3.23. The van der Waals surface area contributed by atoms with Gasteiger partial charge >= 0.3 is 6.18 Å². The Bertz CT molecular complexity index is 573. The van der Waals surface area contributed by atoms with Crippen LogP contribution in [-0.2, 0) is 11.7 Å². The van der Waals surface area contributed by atoms with E-state index in [2.05, 4.69) is 9.97 Å². The van der Waals surface area contributed by atoms with Crippen LogP contribution in [0.1, 0.15) is 24.1 Å². The van der Waals surface area contributed by atoms with Crippen molar-refractivity contribution in [3.05, 3.63) is 35.8 Å². The first-order valence-corrected chi connectivity index (χ1v) is 5.52. The van der Waals surface area contributed by atoms with E-state index in [9.17, 15) is 13.2 Å². The van der Waals surface area contributed by atoms with Gasteiger partial charge in [0.1, 0.15) is 6.33 Å². The second-order valence-electron chi connectivity index (χ2n) is 4.58. The minimum Gasteiger partial charge on any atom is -0.320 e. The Hall–Kier alpha value is -1.69. The summed E-state index contributed by atoms with van der Waals surface area (Å²) < 4.78 is 38.6. The maximum absolute atomic E-state index is 12.9. The zero-order valence-electron chi connectivity index (χ0n) is 9.33. The topological polar surface area (TPSA) is 51.8 Å². The second-order valence-corrected chi connectivity index (χ2v) is 4.58. The van der Waals surface area contributed by atoms with E-state index in [1.165, 1.54) is 6.07 Å². The molecule has 0 amide bonds. The summed E-state index contributed by atoms with van der Waals surface area (Å²) in [6.45, 7) is 0. The zero-order valence-corrected chi connectivity index (χ0v) is 9.33. The minimum absolute atomic E-state index is 0.0771. The first kappa shape index (κ1) is 11.4. The smallest absolute Gasteiger partial charge is 0.320 e. The fourth-order valence-corrected chi connectivity index (χ4v) is 2.08. The highest BCUT2D eigenvalue weighted by molar-refractivity contribution is 5.85. The van der Waals surface area contributed by atoms with Crippen molar-refractivity contribution in [1.29, 1.82) is 0 Å². The first-order chi connectivity index (χ1) is 8.42. The van der Waals surface area contributed by atoms with Gasteiger partial charge in [0.15, 0.2) is 0 Å². The van der Waals surface area contributed by atoms with Crippen molar-refractivity contribution in [1.82, 2.24) is 9.97 Å². The number of rotatable bonds is 1. The number of nitrogens with two attached hydrogens (primary N) is 1. The average Bonchev–Trinajstić information content (AvgIpc) is 3.05. The van der Waals surface area contributed by atoms with Gasteiger partial charge in [-0.25, -0.2) is 9.97 Å². The van der Waals surface area contributed by atoms with Crippen LogP contribution in [0.15, 0.2) is 24.5 Å². The molecule has 1 aliphatic carbocycles. The van der Waals surface area contributed by atoms with Crippen LogP contribution in [0.3, 0.4) is 0 Å². The lowest BCUT2D eigenvalue weighted by atomic mass is 10.0. The number of benzene rings is 1. The van der Waals surface area contributed by atoms with Gasteiger partial charge in [0, 0.05) is 5.39 Å². The van der Waals surface area contributed by atoms with Crippen molar-refractivity contribution < 1.29 is 13.2 Å². The molecule has 0 unspecified atom stereocenters. The predicted molar refractivity (Wildman–Crippen MR) is 59.6 cm³/mol. The molecule has 94 valence electrons. The molecule has 2 N–H and O–H groups in total.